The van der Waals surface area contributed by atoms with Crippen LogP contribution in [0.3, 0.4) is 0 Å². The van der Waals surface area contributed by atoms with Crippen molar-refractivity contribution in [3.63, 3.8) is 0 Å². The first-order chi connectivity index (χ1) is 11.1. The molecule has 0 atom stereocenters. The van der Waals surface area contributed by atoms with Crippen LogP contribution in [0.2, 0.25) is 0 Å². The highest BCUT2D eigenvalue weighted by molar-refractivity contribution is 6.07. The van der Waals surface area contributed by atoms with Gasteiger partial charge in [-0.1, -0.05) is 19.1 Å². The van der Waals surface area contributed by atoms with Crippen LogP contribution < -0.4 is 5.73 Å². The number of nitrogens with zero attached hydrogens (tertiary/aromatic N) is 2. The maximum Gasteiger partial charge on any atom is 0.147 e. The number of aromatic nitrogens is 2. The monoisotopic (exact) mass is 308 g/mol. The highest BCUT2D eigenvalue weighted by Gasteiger charge is 2.11. The zero-order chi connectivity index (χ0) is 16.4. The molecule has 1 aromatic heterocycles. The largest absolute Gasteiger partial charge is 0.508 e. The van der Waals surface area contributed by atoms with Gasteiger partial charge >= 0.3 is 0 Å². The smallest absolute Gasteiger partial charge is 0.147 e. The number of H-pyrrole nitrogens is 1. The number of hydrogen-bond donors (Lipinski definition) is 3. The Hall–Kier alpha value is -2.82. The van der Waals surface area contributed by atoms with Crippen molar-refractivity contribution >= 4 is 16.7 Å². The van der Waals surface area contributed by atoms with Gasteiger partial charge in [-0.2, -0.15) is 5.10 Å². The van der Waals surface area contributed by atoms with E-state index in [2.05, 4.69) is 28.2 Å². The minimum absolute atomic E-state index is 0.291. The van der Waals surface area contributed by atoms with Gasteiger partial charge in [-0.3, -0.25) is 10.1 Å². The summed E-state index contributed by atoms with van der Waals surface area (Å²) >= 11 is 0. The molecule has 0 aliphatic carbocycles. The van der Waals surface area contributed by atoms with Gasteiger partial charge in [0.1, 0.15) is 17.3 Å². The second kappa shape index (κ2) is 6.12. The van der Waals surface area contributed by atoms with Crippen molar-refractivity contribution in [2.45, 2.75) is 20.3 Å². The Labute approximate surface area is 134 Å². The normalized spacial score (nSPS) is 12.0. The summed E-state index contributed by atoms with van der Waals surface area (Å²) in [5, 5.41) is 17.9. The molecule has 118 valence electrons. The van der Waals surface area contributed by atoms with Gasteiger partial charge in [-0.15, -0.1) is 0 Å². The molecule has 3 rings (SSSR count). The van der Waals surface area contributed by atoms with Crippen molar-refractivity contribution in [3.05, 3.63) is 47.7 Å². The number of benzene rings is 2. The van der Waals surface area contributed by atoms with Crippen LogP contribution >= 0.6 is 0 Å². The van der Waals surface area contributed by atoms with Crippen LogP contribution in [0, 0.1) is 0 Å². The molecule has 0 amide bonds. The fraction of sp³-hybridized carbons (Fsp3) is 0.222. The Balaban J connectivity index is 2.10. The first-order valence-electron chi connectivity index (χ1n) is 7.74. The van der Waals surface area contributed by atoms with Crippen molar-refractivity contribution in [1.29, 1.82) is 0 Å². The molecular weight excluding hydrogens is 288 g/mol. The van der Waals surface area contributed by atoms with Crippen molar-refractivity contribution in [2.75, 3.05) is 6.54 Å². The molecule has 0 radical (unpaired) electrons. The predicted octanol–water partition coefficient (Wildman–Crippen LogP) is 3.22. The van der Waals surface area contributed by atoms with Gasteiger partial charge in [0.25, 0.3) is 0 Å². The van der Waals surface area contributed by atoms with Crippen molar-refractivity contribution in [1.82, 2.24) is 10.2 Å². The first kappa shape index (κ1) is 15.1. The third kappa shape index (κ3) is 2.77. The van der Waals surface area contributed by atoms with E-state index < -0.39 is 0 Å². The Morgan fingerprint density at radius 1 is 1.22 bits per heavy atom. The van der Waals surface area contributed by atoms with Crippen LogP contribution in [0.4, 0.5) is 0 Å². The molecule has 1 heterocycles. The van der Waals surface area contributed by atoms with Gasteiger partial charge in [0, 0.05) is 11.9 Å². The molecular formula is C18H20N4O. The zero-order valence-corrected chi connectivity index (χ0v) is 13.3. The Bertz CT molecular complexity index is 880. The summed E-state index contributed by atoms with van der Waals surface area (Å²) in [6.07, 6.45) is 0.853. The minimum atomic E-state index is 0.291. The highest BCUT2D eigenvalue weighted by atomic mass is 16.3. The number of amidine groups is 1. The fourth-order valence-electron chi connectivity index (χ4n) is 2.78. The van der Waals surface area contributed by atoms with E-state index in [1.54, 1.807) is 6.07 Å². The number of nitrogens with two attached hydrogens (primary N) is 1. The lowest BCUT2D eigenvalue weighted by Gasteiger charge is -2.09. The Morgan fingerprint density at radius 3 is 2.78 bits per heavy atom. The maximum absolute atomic E-state index is 9.66. The maximum atomic E-state index is 9.66. The number of fused-ring (bicyclic) bond motifs is 1. The van der Waals surface area contributed by atoms with Gasteiger partial charge in [-0.25, -0.2) is 0 Å². The number of hydrogen-bond acceptors (Lipinski definition) is 3. The van der Waals surface area contributed by atoms with E-state index in [9.17, 15) is 5.11 Å². The molecule has 0 saturated heterocycles. The van der Waals surface area contributed by atoms with Crippen molar-refractivity contribution < 1.29 is 5.11 Å². The van der Waals surface area contributed by atoms with E-state index in [1.165, 1.54) is 0 Å². The molecule has 4 N–H and O–H groups in total. The van der Waals surface area contributed by atoms with Gasteiger partial charge < -0.3 is 10.8 Å². The molecule has 0 bridgehead atoms. The third-order valence-corrected chi connectivity index (χ3v) is 3.91. The summed E-state index contributed by atoms with van der Waals surface area (Å²) < 4.78 is 0. The number of rotatable bonds is 4. The SMILES string of the molecule is CC/N=C(\N)c1n[nH]c2cc(-c3ccc(O)cc3CC)ccc12. The number of phenols is 1. The van der Waals surface area contributed by atoms with E-state index in [4.69, 9.17) is 5.73 Å². The average Bonchev–Trinajstić information content (AvgIpc) is 2.98. The average molecular weight is 308 g/mol. The van der Waals surface area contributed by atoms with Gasteiger partial charge in [-0.05, 0) is 54.3 Å². The van der Waals surface area contributed by atoms with Crippen LogP contribution in [0.1, 0.15) is 25.1 Å². The fourth-order valence-corrected chi connectivity index (χ4v) is 2.78. The number of nitrogens with one attached hydrogen (secondary N) is 1. The van der Waals surface area contributed by atoms with E-state index in [0.717, 1.165) is 34.0 Å². The first-order valence-corrected chi connectivity index (χ1v) is 7.74. The summed E-state index contributed by atoms with van der Waals surface area (Å²) in [7, 11) is 0. The Kier molecular flexibility index (Phi) is 4.02. The molecule has 23 heavy (non-hydrogen) atoms. The topological polar surface area (TPSA) is 87.3 Å². The van der Waals surface area contributed by atoms with Crippen LogP contribution in [-0.4, -0.2) is 27.7 Å². The summed E-state index contributed by atoms with van der Waals surface area (Å²) in [5.74, 6) is 0.740. The van der Waals surface area contributed by atoms with Crippen LogP contribution in [0.5, 0.6) is 5.75 Å². The number of aliphatic imine (C=N–C) groups is 1. The summed E-state index contributed by atoms with van der Waals surface area (Å²) in [4.78, 5) is 4.22. The highest BCUT2D eigenvalue weighted by Crippen LogP contribution is 2.30. The molecule has 5 nitrogen and oxygen atoms in total. The zero-order valence-electron chi connectivity index (χ0n) is 13.3. The predicted molar refractivity (Wildman–Crippen MR) is 93.8 cm³/mol. The number of aromatic hydroxyl groups is 1. The second-order valence-corrected chi connectivity index (χ2v) is 5.39. The lowest BCUT2D eigenvalue weighted by atomic mass is 9.97. The number of aryl methyl sites for hydroxylation is 1. The van der Waals surface area contributed by atoms with E-state index in [-0.39, 0.29) is 0 Å². The van der Waals surface area contributed by atoms with Crippen molar-refractivity contribution in [3.8, 4) is 16.9 Å². The van der Waals surface area contributed by atoms with Crippen LogP contribution in [0.25, 0.3) is 22.0 Å². The molecule has 0 aliphatic heterocycles. The van der Waals surface area contributed by atoms with E-state index in [1.807, 2.05) is 31.2 Å². The summed E-state index contributed by atoms with van der Waals surface area (Å²) in [5.41, 5.74) is 10.9. The molecule has 0 spiro atoms. The minimum Gasteiger partial charge on any atom is -0.508 e. The molecule has 0 saturated carbocycles. The summed E-state index contributed by atoms with van der Waals surface area (Å²) in [6.45, 7) is 4.65. The van der Waals surface area contributed by atoms with E-state index >= 15 is 0 Å². The molecule has 0 aliphatic rings. The standard InChI is InChI=1S/C18H20N4O/c1-3-11-9-13(23)6-8-14(11)12-5-7-15-16(10-12)21-22-17(15)18(19)20-4-2/h5-10,23H,3-4H2,1-2H3,(H2,19,20)(H,21,22). The molecule has 0 unspecified atom stereocenters. The second-order valence-electron chi connectivity index (χ2n) is 5.39. The number of aromatic amines is 1. The van der Waals surface area contributed by atoms with Gasteiger partial charge in [0.05, 0.1) is 5.52 Å². The van der Waals surface area contributed by atoms with Crippen LogP contribution in [-0.2, 0) is 6.42 Å². The van der Waals surface area contributed by atoms with Crippen LogP contribution in [0.15, 0.2) is 41.4 Å². The van der Waals surface area contributed by atoms with E-state index in [0.29, 0.717) is 23.8 Å². The Morgan fingerprint density at radius 2 is 2.04 bits per heavy atom. The lowest BCUT2D eigenvalue weighted by molar-refractivity contribution is 0.474. The quantitative estimate of drug-likeness (QED) is 0.511. The molecule has 0 fully saturated rings. The summed E-state index contributed by atoms with van der Waals surface area (Å²) in [6, 6.07) is 11.6. The molecule has 2 aromatic carbocycles. The van der Waals surface area contributed by atoms with Crippen molar-refractivity contribution in [2.24, 2.45) is 10.7 Å². The van der Waals surface area contributed by atoms with Gasteiger partial charge in [0.15, 0.2) is 0 Å². The third-order valence-electron chi connectivity index (χ3n) is 3.91. The van der Waals surface area contributed by atoms with Gasteiger partial charge in [0.2, 0.25) is 0 Å². The lowest BCUT2D eigenvalue weighted by Crippen LogP contribution is -2.14. The molecule has 3 aromatic rings. The number of phenolic OH excluding ortho intramolecular Hbond substituents is 1. The molecule has 5 heteroatoms.